The quantitative estimate of drug-likeness (QED) is 0.371. The molecule has 10 nitrogen and oxygen atoms in total. The standard InChI is InChI=1S/C23H35N3O7/c1-13(2)8-16(20(29)23(4)6-7-23)24-21(30)15(11-27)10-19(28)18(12-32-5)25-22(31)17-9-14(3)33-26-17/h9,13,15-16,18,27H,6-8,10-12H2,1-5H3,(H,24,30)(H,25,31)/t15-,16-,18-/m0/s1. The highest BCUT2D eigenvalue weighted by Crippen LogP contribution is 2.47. The molecule has 184 valence electrons. The van der Waals surface area contributed by atoms with Crippen LogP contribution in [0, 0.1) is 24.2 Å². The molecule has 1 aliphatic carbocycles. The Morgan fingerprint density at radius 1 is 1.21 bits per heavy atom. The first-order valence-electron chi connectivity index (χ1n) is 11.2. The van der Waals surface area contributed by atoms with Crippen LogP contribution in [0.1, 0.15) is 62.7 Å². The van der Waals surface area contributed by atoms with Gasteiger partial charge in [0.15, 0.2) is 17.3 Å². The monoisotopic (exact) mass is 465 g/mol. The van der Waals surface area contributed by atoms with Crippen LogP contribution < -0.4 is 10.6 Å². The summed E-state index contributed by atoms with van der Waals surface area (Å²) < 4.78 is 9.91. The zero-order chi connectivity index (χ0) is 24.8. The van der Waals surface area contributed by atoms with Gasteiger partial charge in [0.05, 0.1) is 25.2 Å². The van der Waals surface area contributed by atoms with E-state index in [1.165, 1.54) is 13.2 Å². The Morgan fingerprint density at radius 2 is 1.88 bits per heavy atom. The molecule has 0 aliphatic heterocycles. The third-order valence-electron chi connectivity index (χ3n) is 5.86. The Balaban J connectivity index is 2.04. The molecule has 0 bridgehead atoms. The van der Waals surface area contributed by atoms with Crippen molar-refractivity contribution in [3.63, 3.8) is 0 Å². The molecule has 1 saturated carbocycles. The highest BCUT2D eigenvalue weighted by molar-refractivity contribution is 5.98. The van der Waals surface area contributed by atoms with E-state index in [4.69, 9.17) is 9.26 Å². The van der Waals surface area contributed by atoms with Gasteiger partial charge in [0.2, 0.25) is 5.91 Å². The number of hydrogen-bond acceptors (Lipinski definition) is 8. The number of aryl methyl sites for hydroxylation is 1. The number of ketones is 2. The maximum Gasteiger partial charge on any atom is 0.274 e. The van der Waals surface area contributed by atoms with Crippen molar-refractivity contribution < 1.29 is 33.5 Å². The minimum atomic E-state index is -1.06. The molecular weight excluding hydrogens is 430 g/mol. The molecule has 0 radical (unpaired) electrons. The zero-order valence-corrected chi connectivity index (χ0v) is 20.0. The first-order chi connectivity index (χ1) is 15.5. The van der Waals surface area contributed by atoms with E-state index in [2.05, 4.69) is 15.8 Å². The summed E-state index contributed by atoms with van der Waals surface area (Å²) in [5.74, 6) is -2.12. The molecule has 33 heavy (non-hydrogen) atoms. The largest absolute Gasteiger partial charge is 0.396 e. The molecule has 1 fully saturated rings. The molecule has 0 unspecified atom stereocenters. The number of Topliss-reactive ketones (excluding diaryl/α,β-unsaturated/α-hetero) is 2. The lowest BCUT2D eigenvalue weighted by molar-refractivity contribution is -0.135. The van der Waals surface area contributed by atoms with E-state index in [0.717, 1.165) is 12.8 Å². The van der Waals surface area contributed by atoms with E-state index in [1.807, 2.05) is 20.8 Å². The molecule has 1 aromatic rings. The van der Waals surface area contributed by atoms with Crippen LogP contribution in [-0.2, 0) is 19.1 Å². The summed E-state index contributed by atoms with van der Waals surface area (Å²) in [6, 6.07) is -0.279. The minimum Gasteiger partial charge on any atom is -0.396 e. The molecule has 3 atom stereocenters. The van der Waals surface area contributed by atoms with Gasteiger partial charge in [-0.3, -0.25) is 19.2 Å². The minimum absolute atomic E-state index is 0.0139. The fraction of sp³-hybridized carbons (Fsp3) is 0.696. The number of hydrogen-bond donors (Lipinski definition) is 3. The third kappa shape index (κ3) is 7.46. The van der Waals surface area contributed by atoms with Gasteiger partial charge in [-0.15, -0.1) is 0 Å². The van der Waals surface area contributed by atoms with E-state index in [9.17, 15) is 24.3 Å². The lowest BCUT2D eigenvalue weighted by atomic mass is 9.90. The molecule has 2 amide bonds. The van der Waals surface area contributed by atoms with Gasteiger partial charge in [-0.2, -0.15) is 0 Å². The topological polar surface area (TPSA) is 148 Å². The second kappa shape index (κ2) is 11.5. The predicted molar refractivity (Wildman–Crippen MR) is 118 cm³/mol. The van der Waals surface area contributed by atoms with Crippen LogP contribution in [0.25, 0.3) is 0 Å². The zero-order valence-electron chi connectivity index (χ0n) is 20.0. The maximum atomic E-state index is 12.9. The summed E-state index contributed by atoms with van der Waals surface area (Å²) in [5, 5.41) is 18.7. The van der Waals surface area contributed by atoms with Crippen molar-refractivity contribution in [2.45, 2.75) is 65.5 Å². The van der Waals surface area contributed by atoms with Crippen molar-refractivity contribution in [2.75, 3.05) is 20.3 Å². The fourth-order valence-electron chi connectivity index (χ4n) is 3.56. The van der Waals surface area contributed by atoms with Crippen molar-refractivity contribution in [3.8, 4) is 0 Å². The number of amides is 2. The first kappa shape index (κ1) is 26.7. The van der Waals surface area contributed by atoms with Crippen LogP contribution in [0.2, 0.25) is 0 Å². The molecule has 0 saturated heterocycles. The van der Waals surface area contributed by atoms with E-state index < -0.39 is 47.6 Å². The SMILES string of the molecule is COC[C@H](NC(=O)c1cc(C)on1)C(=O)C[C@@H](CO)C(=O)N[C@@H](CC(C)C)C(=O)C1(C)CC1. The van der Waals surface area contributed by atoms with Gasteiger partial charge in [-0.25, -0.2) is 0 Å². The Kier molecular flexibility index (Phi) is 9.30. The number of aromatic nitrogens is 1. The Bertz CT molecular complexity index is 860. The smallest absolute Gasteiger partial charge is 0.274 e. The number of ether oxygens (including phenoxy) is 1. The number of nitrogens with one attached hydrogen (secondary N) is 2. The van der Waals surface area contributed by atoms with Gasteiger partial charge in [-0.1, -0.05) is 25.9 Å². The molecular formula is C23H35N3O7. The Labute approximate surface area is 193 Å². The second-order valence-electron chi connectivity index (χ2n) is 9.47. The molecule has 1 heterocycles. The lowest BCUT2D eigenvalue weighted by Crippen LogP contribution is -2.49. The average molecular weight is 466 g/mol. The highest BCUT2D eigenvalue weighted by atomic mass is 16.5. The number of carbonyl (C=O) groups excluding carboxylic acids is 4. The molecule has 0 spiro atoms. The van der Waals surface area contributed by atoms with Crippen LogP contribution >= 0.6 is 0 Å². The molecule has 1 aromatic heterocycles. The number of aliphatic hydroxyl groups is 1. The van der Waals surface area contributed by atoms with Gasteiger partial charge in [0.25, 0.3) is 5.91 Å². The van der Waals surface area contributed by atoms with Crippen LogP contribution in [-0.4, -0.2) is 66.1 Å². The van der Waals surface area contributed by atoms with Crippen LogP contribution in [0.3, 0.4) is 0 Å². The molecule has 2 rings (SSSR count). The summed E-state index contributed by atoms with van der Waals surface area (Å²) >= 11 is 0. The van der Waals surface area contributed by atoms with Gasteiger partial charge in [0, 0.05) is 25.0 Å². The number of nitrogens with zero attached hydrogens (tertiary/aromatic N) is 1. The van der Waals surface area contributed by atoms with E-state index in [1.54, 1.807) is 6.92 Å². The van der Waals surface area contributed by atoms with Gasteiger partial charge in [0.1, 0.15) is 11.8 Å². The second-order valence-corrected chi connectivity index (χ2v) is 9.47. The normalized spacial score (nSPS) is 17.2. The number of rotatable bonds is 14. The molecule has 10 heteroatoms. The summed E-state index contributed by atoms with van der Waals surface area (Å²) in [6.45, 7) is 6.75. The van der Waals surface area contributed by atoms with E-state index in [-0.39, 0.29) is 30.4 Å². The average Bonchev–Trinajstić information content (AvgIpc) is 3.35. The van der Waals surface area contributed by atoms with Crippen molar-refractivity contribution in [3.05, 3.63) is 17.5 Å². The van der Waals surface area contributed by atoms with Crippen LogP contribution in [0.4, 0.5) is 0 Å². The fourth-order valence-corrected chi connectivity index (χ4v) is 3.56. The van der Waals surface area contributed by atoms with Crippen molar-refractivity contribution in [2.24, 2.45) is 17.3 Å². The lowest BCUT2D eigenvalue weighted by Gasteiger charge is -2.25. The van der Waals surface area contributed by atoms with E-state index >= 15 is 0 Å². The summed E-state index contributed by atoms with van der Waals surface area (Å²) in [4.78, 5) is 50.9. The van der Waals surface area contributed by atoms with Gasteiger partial charge < -0.3 is 25.0 Å². The van der Waals surface area contributed by atoms with Crippen molar-refractivity contribution in [1.82, 2.24) is 15.8 Å². The molecule has 1 aliphatic rings. The number of carbonyl (C=O) groups is 4. The predicted octanol–water partition coefficient (Wildman–Crippen LogP) is 1.20. The van der Waals surface area contributed by atoms with Crippen molar-refractivity contribution in [1.29, 1.82) is 0 Å². The van der Waals surface area contributed by atoms with Crippen LogP contribution in [0.5, 0.6) is 0 Å². The summed E-state index contributed by atoms with van der Waals surface area (Å²) in [6.07, 6.45) is 1.74. The van der Waals surface area contributed by atoms with Gasteiger partial charge >= 0.3 is 0 Å². The van der Waals surface area contributed by atoms with Crippen LogP contribution in [0.15, 0.2) is 10.6 Å². The molecule has 0 aromatic carbocycles. The first-order valence-corrected chi connectivity index (χ1v) is 11.2. The summed E-state index contributed by atoms with van der Waals surface area (Å²) in [5.41, 5.74) is -0.397. The highest BCUT2D eigenvalue weighted by Gasteiger charge is 2.48. The third-order valence-corrected chi connectivity index (χ3v) is 5.86. The maximum absolute atomic E-state index is 12.9. The molecule has 3 N–H and O–H groups in total. The van der Waals surface area contributed by atoms with E-state index in [0.29, 0.717) is 12.2 Å². The van der Waals surface area contributed by atoms with Crippen molar-refractivity contribution >= 4 is 23.4 Å². The Hall–Kier alpha value is -2.59. The van der Waals surface area contributed by atoms with Gasteiger partial charge in [-0.05, 0) is 32.1 Å². The Morgan fingerprint density at radius 3 is 2.36 bits per heavy atom. The number of aliphatic hydroxyl groups excluding tert-OH is 1. The number of methoxy groups -OCH3 is 1. The summed E-state index contributed by atoms with van der Waals surface area (Å²) in [7, 11) is 1.38.